The van der Waals surface area contributed by atoms with Crippen LogP contribution >= 0.6 is 11.3 Å². The first-order valence-electron chi connectivity index (χ1n) is 13.2. The number of benzene rings is 3. The molecule has 2 N–H and O–H groups in total. The number of amides is 2. The number of aromatic carboxylic acids is 1. The van der Waals surface area contributed by atoms with Crippen LogP contribution in [0, 0.1) is 0 Å². The molecule has 3 aromatic carbocycles. The van der Waals surface area contributed by atoms with Crippen molar-refractivity contribution in [3.63, 3.8) is 0 Å². The number of anilines is 2. The summed E-state index contributed by atoms with van der Waals surface area (Å²) >= 11 is 1.43. The first-order valence-corrected chi connectivity index (χ1v) is 14.0. The van der Waals surface area contributed by atoms with Crippen LogP contribution in [0.4, 0.5) is 15.6 Å². The SMILES string of the molecule is O=C(O)c1nc(-c2ccc3c(c2)N(C(=O)Nc2nc4ccccc4s2)CCC3)ccc1OCCOc1ccccc1. The zero-order valence-electron chi connectivity index (χ0n) is 21.9. The van der Waals surface area contributed by atoms with Gasteiger partial charge in [-0.1, -0.05) is 53.8 Å². The van der Waals surface area contributed by atoms with Gasteiger partial charge in [-0.3, -0.25) is 10.2 Å². The molecule has 0 saturated heterocycles. The second-order valence-electron chi connectivity index (χ2n) is 9.37. The van der Waals surface area contributed by atoms with E-state index in [4.69, 9.17) is 9.47 Å². The average molecular weight is 567 g/mol. The molecule has 0 radical (unpaired) electrons. The molecule has 9 nitrogen and oxygen atoms in total. The number of carboxylic acid groups (broad SMARTS) is 1. The summed E-state index contributed by atoms with van der Waals surface area (Å²) in [6.45, 7) is 0.969. The van der Waals surface area contributed by atoms with E-state index < -0.39 is 5.97 Å². The first-order chi connectivity index (χ1) is 20.0. The minimum Gasteiger partial charge on any atom is -0.490 e. The van der Waals surface area contributed by atoms with E-state index in [2.05, 4.69) is 15.3 Å². The number of hydrogen-bond donors (Lipinski definition) is 2. The molecular weight excluding hydrogens is 540 g/mol. The largest absolute Gasteiger partial charge is 0.490 e. The van der Waals surface area contributed by atoms with Gasteiger partial charge >= 0.3 is 12.0 Å². The highest BCUT2D eigenvalue weighted by molar-refractivity contribution is 7.22. The summed E-state index contributed by atoms with van der Waals surface area (Å²) in [6, 6.07) is 25.9. The topological polar surface area (TPSA) is 114 Å². The van der Waals surface area contributed by atoms with E-state index in [9.17, 15) is 14.7 Å². The lowest BCUT2D eigenvalue weighted by atomic mass is 9.98. The summed E-state index contributed by atoms with van der Waals surface area (Å²) in [4.78, 5) is 36.0. The molecule has 0 atom stereocenters. The summed E-state index contributed by atoms with van der Waals surface area (Å²) in [6.07, 6.45) is 1.67. The van der Waals surface area contributed by atoms with E-state index in [1.807, 2.05) is 72.8 Å². The normalized spacial score (nSPS) is 12.5. The zero-order valence-corrected chi connectivity index (χ0v) is 22.8. The van der Waals surface area contributed by atoms with Crippen molar-refractivity contribution in [2.75, 3.05) is 30.0 Å². The molecule has 2 aromatic heterocycles. The van der Waals surface area contributed by atoms with Gasteiger partial charge in [-0.15, -0.1) is 0 Å². The Labute approximate surface area is 240 Å². The van der Waals surface area contributed by atoms with Crippen molar-refractivity contribution in [2.45, 2.75) is 12.8 Å². The third kappa shape index (κ3) is 5.82. The predicted molar refractivity (Wildman–Crippen MR) is 158 cm³/mol. The Morgan fingerprint density at radius 2 is 1.73 bits per heavy atom. The molecule has 206 valence electrons. The number of rotatable bonds is 8. The number of nitrogens with one attached hydrogen (secondary N) is 1. The minimum atomic E-state index is -1.19. The summed E-state index contributed by atoms with van der Waals surface area (Å²) in [7, 11) is 0. The number of fused-ring (bicyclic) bond motifs is 2. The molecule has 0 bridgehead atoms. The number of pyridine rings is 1. The highest BCUT2D eigenvalue weighted by Crippen LogP contribution is 2.34. The molecule has 41 heavy (non-hydrogen) atoms. The quantitative estimate of drug-likeness (QED) is 0.206. The van der Waals surface area contributed by atoms with Crippen molar-refractivity contribution in [3.05, 3.63) is 96.2 Å². The van der Waals surface area contributed by atoms with Crippen LogP contribution < -0.4 is 19.7 Å². The molecule has 2 amide bonds. The van der Waals surface area contributed by atoms with Crippen LogP contribution in [0.15, 0.2) is 84.9 Å². The molecule has 0 aliphatic carbocycles. The van der Waals surface area contributed by atoms with Gasteiger partial charge < -0.3 is 14.6 Å². The smallest absolute Gasteiger partial charge is 0.358 e. The molecule has 3 heterocycles. The number of carboxylic acids is 1. The van der Waals surface area contributed by atoms with E-state index in [-0.39, 0.29) is 30.7 Å². The van der Waals surface area contributed by atoms with Gasteiger partial charge in [0.15, 0.2) is 16.6 Å². The van der Waals surface area contributed by atoms with Crippen molar-refractivity contribution in [1.82, 2.24) is 9.97 Å². The molecule has 0 saturated carbocycles. The average Bonchev–Trinajstić information content (AvgIpc) is 3.41. The number of nitrogens with zero attached hydrogens (tertiary/aromatic N) is 3. The van der Waals surface area contributed by atoms with Gasteiger partial charge in [0.25, 0.3) is 0 Å². The second-order valence-corrected chi connectivity index (χ2v) is 10.4. The Morgan fingerprint density at radius 1 is 0.927 bits per heavy atom. The number of carbonyl (C=O) groups excluding carboxylic acids is 1. The number of aryl methyl sites for hydroxylation is 1. The molecule has 10 heteroatoms. The summed E-state index contributed by atoms with van der Waals surface area (Å²) in [5.41, 5.74) is 3.62. The van der Waals surface area contributed by atoms with Crippen LogP contribution in [0.1, 0.15) is 22.5 Å². The highest BCUT2D eigenvalue weighted by Gasteiger charge is 2.25. The lowest BCUT2D eigenvalue weighted by Gasteiger charge is -2.29. The maximum absolute atomic E-state index is 13.3. The van der Waals surface area contributed by atoms with Crippen molar-refractivity contribution < 1.29 is 24.2 Å². The lowest BCUT2D eigenvalue weighted by Crippen LogP contribution is -2.38. The number of urea groups is 1. The Balaban J connectivity index is 1.20. The fourth-order valence-electron chi connectivity index (χ4n) is 4.73. The molecule has 0 unspecified atom stereocenters. The van der Waals surface area contributed by atoms with Gasteiger partial charge in [-0.2, -0.15) is 0 Å². The monoisotopic (exact) mass is 566 g/mol. The summed E-state index contributed by atoms with van der Waals surface area (Å²) in [5.74, 6) is -0.327. The number of thiazole rings is 1. The fraction of sp³-hybridized carbons (Fsp3) is 0.161. The van der Waals surface area contributed by atoms with Crippen molar-refractivity contribution in [2.24, 2.45) is 0 Å². The number of hydrogen-bond acceptors (Lipinski definition) is 7. The van der Waals surface area contributed by atoms with E-state index >= 15 is 0 Å². The van der Waals surface area contributed by atoms with Crippen LogP contribution in [0.5, 0.6) is 11.5 Å². The van der Waals surface area contributed by atoms with Crippen LogP contribution in [0.25, 0.3) is 21.5 Å². The Morgan fingerprint density at radius 3 is 2.56 bits per heavy atom. The molecular formula is C31H26N4O5S. The lowest BCUT2D eigenvalue weighted by molar-refractivity contribution is 0.0684. The fourth-order valence-corrected chi connectivity index (χ4v) is 5.59. The maximum atomic E-state index is 13.3. The van der Waals surface area contributed by atoms with Crippen molar-refractivity contribution in [3.8, 4) is 22.8 Å². The number of ether oxygens (including phenoxy) is 2. The second kappa shape index (κ2) is 11.6. The summed E-state index contributed by atoms with van der Waals surface area (Å²) < 4.78 is 12.3. The standard InChI is InChI=1S/C31H26N4O5S/c36-29(37)28-26(40-18-17-39-22-8-2-1-3-9-22)15-14-23(32-28)21-13-12-20-7-6-16-35(25(20)19-21)31(38)34-30-33-24-10-4-5-11-27(24)41-30/h1-5,8-15,19H,6-7,16-18H2,(H,36,37)(H,33,34,38). The van der Waals surface area contributed by atoms with Crippen LogP contribution in [0.3, 0.4) is 0 Å². The molecule has 0 spiro atoms. The molecule has 0 fully saturated rings. The molecule has 1 aliphatic heterocycles. The number of para-hydroxylation sites is 2. The Bertz CT molecular complexity index is 1690. The predicted octanol–water partition coefficient (Wildman–Crippen LogP) is 6.50. The third-order valence-corrected chi connectivity index (χ3v) is 7.62. The van der Waals surface area contributed by atoms with Gasteiger partial charge in [0.05, 0.1) is 15.9 Å². The summed E-state index contributed by atoms with van der Waals surface area (Å²) in [5, 5.41) is 13.3. The first kappa shape index (κ1) is 26.3. The van der Waals surface area contributed by atoms with E-state index in [1.165, 1.54) is 11.3 Å². The van der Waals surface area contributed by atoms with Gasteiger partial charge in [0, 0.05) is 17.8 Å². The minimum absolute atomic E-state index is 0.160. The number of carbonyl (C=O) groups is 2. The van der Waals surface area contributed by atoms with Crippen molar-refractivity contribution >= 4 is 44.4 Å². The van der Waals surface area contributed by atoms with Gasteiger partial charge in [0.1, 0.15) is 19.0 Å². The van der Waals surface area contributed by atoms with E-state index in [0.29, 0.717) is 28.7 Å². The maximum Gasteiger partial charge on any atom is 0.358 e. The van der Waals surface area contributed by atoms with Crippen LogP contribution in [-0.2, 0) is 6.42 Å². The molecule has 6 rings (SSSR count). The number of aromatic nitrogens is 2. The van der Waals surface area contributed by atoms with E-state index in [0.717, 1.165) is 34.3 Å². The van der Waals surface area contributed by atoms with Crippen molar-refractivity contribution in [1.29, 1.82) is 0 Å². The Kier molecular flexibility index (Phi) is 7.46. The van der Waals surface area contributed by atoms with Gasteiger partial charge in [0.2, 0.25) is 0 Å². The molecule has 5 aromatic rings. The highest BCUT2D eigenvalue weighted by atomic mass is 32.1. The van der Waals surface area contributed by atoms with Crippen LogP contribution in [-0.4, -0.2) is 46.8 Å². The zero-order chi connectivity index (χ0) is 28.2. The van der Waals surface area contributed by atoms with Gasteiger partial charge in [-0.25, -0.2) is 19.6 Å². The van der Waals surface area contributed by atoms with Crippen LogP contribution in [0.2, 0.25) is 0 Å². The molecule has 1 aliphatic rings. The van der Waals surface area contributed by atoms with Gasteiger partial charge in [-0.05, 0) is 60.9 Å². The third-order valence-electron chi connectivity index (χ3n) is 6.67. The van der Waals surface area contributed by atoms with E-state index in [1.54, 1.807) is 17.0 Å². The Hall–Kier alpha value is -4.96.